The molecule has 1 saturated carbocycles. The number of hydrogen-bond donors (Lipinski definition) is 1. The Kier molecular flexibility index (Phi) is 4.42. The van der Waals surface area contributed by atoms with E-state index in [0.717, 1.165) is 29.9 Å². The van der Waals surface area contributed by atoms with Gasteiger partial charge in [0.15, 0.2) is 9.84 Å². The molecule has 0 amide bonds. The van der Waals surface area contributed by atoms with Crippen molar-refractivity contribution in [2.24, 2.45) is 0 Å². The molecular formula is C16H18BrN3O2S. The van der Waals surface area contributed by atoms with Crippen LogP contribution in [0.4, 0.5) is 5.82 Å². The molecule has 0 radical (unpaired) electrons. The average Bonchev–Trinajstić information content (AvgIpc) is 3.34. The third-order valence-corrected chi connectivity index (χ3v) is 6.25. The Labute approximate surface area is 144 Å². The van der Waals surface area contributed by atoms with Gasteiger partial charge in [-0.2, -0.15) is 0 Å². The molecule has 0 atom stereocenters. The van der Waals surface area contributed by atoms with Crippen molar-refractivity contribution >= 4 is 31.6 Å². The van der Waals surface area contributed by atoms with Crippen molar-refractivity contribution in [1.29, 1.82) is 0 Å². The maximum absolute atomic E-state index is 12.4. The molecule has 1 aromatic heterocycles. The van der Waals surface area contributed by atoms with Gasteiger partial charge < -0.3 is 5.32 Å². The van der Waals surface area contributed by atoms with E-state index in [0.29, 0.717) is 21.1 Å². The second kappa shape index (κ2) is 6.20. The van der Waals surface area contributed by atoms with Crippen LogP contribution in [0, 0.1) is 13.8 Å². The Morgan fingerprint density at radius 1 is 1.17 bits per heavy atom. The minimum Gasteiger partial charge on any atom is -0.355 e. The normalized spacial score (nSPS) is 14.7. The molecule has 1 heterocycles. The highest BCUT2D eigenvalue weighted by Gasteiger charge is 2.28. The average molecular weight is 396 g/mol. The summed E-state index contributed by atoms with van der Waals surface area (Å²) in [6.45, 7) is 3.81. The Balaban J connectivity index is 1.81. The zero-order valence-electron chi connectivity index (χ0n) is 13.0. The number of sulfone groups is 1. The number of rotatable bonds is 5. The Morgan fingerprint density at radius 2 is 1.83 bits per heavy atom. The summed E-state index contributed by atoms with van der Waals surface area (Å²) in [6, 6.07) is 6.84. The van der Waals surface area contributed by atoms with Crippen LogP contribution < -0.4 is 5.32 Å². The first-order valence-corrected chi connectivity index (χ1v) is 9.88. The van der Waals surface area contributed by atoms with Crippen molar-refractivity contribution in [3.63, 3.8) is 0 Å². The van der Waals surface area contributed by atoms with Crippen LogP contribution in [0.25, 0.3) is 0 Å². The van der Waals surface area contributed by atoms with Gasteiger partial charge in [-0.15, -0.1) is 0 Å². The molecule has 0 unspecified atom stereocenters. The molecular weight excluding hydrogens is 378 g/mol. The van der Waals surface area contributed by atoms with Crippen molar-refractivity contribution in [2.75, 3.05) is 11.2 Å². The molecule has 1 aromatic carbocycles. The number of aromatic nitrogens is 2. The molecule has 122 valence electrons. The lowest BCUT2D eigenvalue weighted by Crippen LogP contribution is -2.17. The fourth-order valence-corrected chi connectivity index (χ4v) is 3.58. The number of halogens is 1. The summed E-state index contributed by atoms with van der Waals surface area (Å²) in [6.07, 6.45) is 2.20. The molecule has 1 aliphatic rings. The van der Waals surface area contributed by atoms with E-state index < -0.39 is 9.84 Å². The summed E-state index contributed by atoms with van der Waals surface area (Å²) < 4.78 is 25.6. The van der Waals surface area contributed by atoms with Crippen LogP contribution in [0.3, 0.4) is 0 Å². The minimum atomic E-state index is -3.41. The van der Waals surface area contributed by atoms with Gasteiger partial charge in [0.25, 0.3) is 0 Å². The van der Waals surface area contributed by atoms with Gasteiger partial charge in [0.05, 0.1) is 15.1 Å². The Bertz CT molecular complexity index is 831. The van der Waals surface area contributed by atoms with Crippen LogP contribution in [0.5, 0.6) is 0 Å². The first-order valence-electron chi connectivity index (χ1n) is 7.44. The van der Waals surface area contributed by atoms with Gasteiger partial charge in [-0.05, 0) is 54.8 Å². The number of hydrogen-bond acceptors (Lipinski definition) is 5. The Hall–Kier alpha value is -1.47. The summed E-state index contributed by atoms with van der Waals surface area (Å²) in [5, 5.41) is 2.94. The Morgan fingerprint density at radius 3 is 2.43 bits per heavy atom. The molecule has 5 nitrogen and oxygen atoms in total. The van der Waals surface area contributed by atoms with Crippen LogP contribution in [0.2, 0.25) is 0 Å². The van der Waals surface area contributed by atoms with E-state index in [1.807, 2.05) is 13.8 Å². The van der Waals surface area contributed by atoms with Gasteiger partial charge in [0, 0.05) is 5.92 Å². The van der Waals surface area contributed by atoms with Gasteiger partial charge >= 0.3 is 0 Å². The van der Waals surface area contributed by atoms with Crippen LogP contribution in [-0.4, -0.2) is 24.3 Å². The fourth-order valence-electron chi connectivity index (χ4n) is 2.21. The van der Waals surface area contributed by atoms with Gasteiger partial charge in [-0.3, -0.25) is 0 Å². The van der Waals surface area contributed by atoms with E-state index >= 15 is 0 Å². The summed E-state index contributed by atoms with van der Waals surface area (Å²) in [5.74, 6) is 1.54. The molecule has 23 heavy (non-hydrogen) atoms. The molecule has 3 rings (SSSR count). The smallest absolute Gasteiger partial charge is 0.196 e. The lowest BCUT2D eigenvalue weighted by atomic mass is 10.2. The van der Waals surface area contributed by atoms with Crippen molar-refractivity contribution in [3.8, 4) is 0 Å². The number of nitrogens with zero attached hydrogens (tertiary/aromatic N) is 2. The van der Waals surface area contributed by atoms with Crippen LogP contribution >= 0.6 is 15.9 Å². The molecule has 7 heteroatoms. The molecule has 1 fully saturated rings. The van der Waals surface area contributed by atoms with Gasteiger partial charge in [0.1, 0.15) is 17.5 Å². The van der Waals surface area contributed by atoms with Crippen LogP contribution in [0.15, 0.2) is 33.6 Å². The zero-order valence-corrected chi connectivity index (χ0v) is 15.4. The van der Waals surface area contributed by atoms with E-state index in [1.54, 1.807) is 24.3 Å². The van der Waals surface area contributed by atoms with Crippen LogP contribution in [0.1, 0.15) is 35.8 Å². The minimum absolute atomic E-state index is 0.199. The number of nitrogens with one attached hydrogen (secondary N) is 1. The second-order valence-electron chi connectivity index (χ2n) is 5.85. The standard InChI is InChI=1S/C16H18BrN3O2S/c1-10-3-7-13(8-4-10)23(21,22)9-18-16-14(17)11(2)19-15(20-16)12-5-6-12/h3-4,7-8,12H,5-6,9H2,1-2H3,(H,18,19,20). The van der Waals surface area contributed by atoms with Crippen molar-refractivity contribution in [1.82, 2.24) is 9.97 Å². The molecule has 0 bridgehead atoms. The summed E-state index contributed by atoms with van der Waals surface area (Å²) >= 11 is 3.44. The lowest BCUT2D eigenvalue weighted by Gasteiger charge is -2.12. The van der Waals surface area contributed by atoms with E-state index in [4.69, 9.17) is 0 Å². The van der Waals surface area contributed by atoms with Crippen LogP contribution in [-0.2, 0) is 9.84 Å². The number of anilines is 1. The summed E-state index contributed by atoms with van der Waals surface area (Å²) in [7, 11) is -3.41. The predicted octanol–water partition coefficient (Wildman–Crippen LogP) is 3.58. The third kappa shape index (κ3) is 3.72. The fraction of sp³-hybridized carbons (Fsp3) is 0.375. The molecule has 0 aliphatic heterocycles. The molecule has 0 saturated heterocycles. The molecule has 1 N–H and O–H groups in total. The first-order chi connectivity index (χ1) is 10.9. The molecule has 1 aliphatic carbocycles. The SMILES string of the molecule is Cc1ccc(S(=O)(=O)CNc2nc(C3CC3)nc(C)c2Br)cc1. The van der Waals surface area contributed by atoms with Crippen molar-refractivity contribution < 1.29 is 8.42 Å². The van der Waals surface area contributed by atoms with Gasteiger partial charge in [-0.1, -0.05) is 17.7 Å². The number of benzene rings is 1. The highest BCUT2D eigenvalue weighted by molar-refractivity contribution is 9.10. The first kappa shape index (κ1) is 16.4. The second-order valence-corrected chi connectivity index (χ2v) is 8.64. The molecule has 0 spiro atoms. The lowest BCUT2D eigenvalue weighted by molar-refractivity contribution is 0.597. The van der Waals surface area contributed by atoms with Crippen molar-refractivity contribution in [3.05, 3.63) is 45.8 Å². The summed E-state index contributed by atoms with van der Waals surface area (Å²) in [5.41, 5.74) is 1.84. The predicted molar refractivity (Wildman–Crippen MR) is 93.3 cm³/mol. The zero-order chi connectivity index (χ0) is 16.6. The van der Waals surface area contributed by atoms with E-state index in [2.05, 4.69) is 31.2 Å². The number of aryl methyl sites for hydroxylation is 2. The topological polar surface area (TPSA) is 72.0 Å². The largest absolute Gasteiger partial charge is 0.355 e. The maximum Gasteiger partial charge on any atom is 0.196 e. The van der Waals surface area contributed by atoms with E-state index in [1.165, 1.54) is 0 Å². The maximum atomic E-state index is 12.4. The van der Waals surface area contributed by atoms with Crippen molar-refractivity contribution in [2.45, 2.75) is 37.5 Å². The summed E-state index contributed by atoms with van der Waals surface area (Å²) in [4.78, 5) is 9.24. The highest BCUT2D eigenvalue weighted by atomic mass is 79.9. The highest BCUT2D eigenvalue weighted by Crippen LogP contribution is 2.39. The van der Waals surface area contributed by atoms with E-state index in [9.17, 15) is 8.42 Å². The monoisotopic (exact) mass is 395 g/mol. The third-order valence-electron chi connectivity index (χ3n) is 3.79. The van der Waals surface area contributed by atoms with E-state index in [-0.39, 0.29) is 5.88 Å². The van der Waals surface area contributed by atoms with Gasteiger partial charge in [0.2, 0.25) is 0 Å². The van der Waals surface area contributed by atoms with Gasteiger partial charge in [-0.25, -0.2) is 18.4 Å². The quantitative estimate of drug-likeness (QED) is 0.837. The molecule has 2 aromatic rings.